The number of pyridine rings is 1. The van der Waals surface area contributed by atoms with E-state index in [1.165, 1.54) is 24.3 Å². The van der Waals surface area contributed by atoms with Crippen molar-refractivity contribution in [2.45, 2.75) is 32.4 Å². The summed E-state index contributed by atoms with van der Waals surface area (Å²) in [5.41, 5.74) is 6.16. The van der Waals surface area contributed by atoms with Crippen LogP contribution in [0.1, 0.15) is 36.8 Å². The number of amides is 1. The van der Waals surface area contributed by atoms with Crippen molar-refractivity contribution in [3.8, 4) is 11.1 Å². The highest BCUT2D eigenvalue weighted by molar-refractivity contribution is 5.93. The molecule has 0 radical (unpaired) electrons. The van der Waals surface area contributed by atoms with Crippen LogP contribution < -0.4 is 5.73 Å². The molecule has 3 rings (SSSR count). The van der Waals surface area contributed by atoms with E-state index in [4.69, 9.17) is 10.5 Å². The summed E-state index contributed by atoms with van der Waals surface area (Å²) in [6.07, 6.45) is 0.0769. The Morgan fingerprint density at radius 1 is 1.18 bits per heavy atom. The van der Waals surface area contributed by atoms with Crippen LogP contribution in [0.2, 0.25) is 0 Å². The molecule has 0 saturated heterocycles. The van der Waals surface area contributed by atoms with Gasteiger partial charge >= 0.3 is 18.0 Å². The lowest BCUT2D eigenvalue weighted by atomic mass is 9.97. The van der Waals surface area contributed by atoms with Gasteiger partial charge in [-0.15, -0.1) is 0 Å². The maximum absolute atomic E-state index is 15.1. The second kappa shape index (κ2) is 8.89. The number of aromatic nitrogens is 1. The molecule has 1 aliphatic rings. The van der Waals surface area contributed by atoms with Gasteiger partial charge in [0.2, 0.25) is 0 Å². The maximum atomic E-state index is 15.1. The number of benzene rings is 1. The Labute approximate surface area is 189 Å². The molecule has 1 aliphatic heterocycles. The molecule has 1 unspecified atom stereocenters. The van der Waals surface area contributed by atoms with Crippen LogP contribution in [0.4, 0.5) is 15.0 Å². The number of hydrogen-bond donors (Lipinski definition) is 2. The molecule has 1 atom stereocenters. The number of carboxylic acid groups (broad SMARTS) is 1. The van der Waals surface area contributed by atoms with Crippen molar-refractivity contribution in [3.63, 3.8) is 0 Å². The predicted octanol–water partition coefficient (Wildman–Crippen LogP) is 3.34. The van der Waals surface area contributed by atoms with Crippen LogP contribution in [0.5, 0.6) is 0 Å². The molecular formula is C23H24FN3O6. The van der Waals surface area contributed by atoms with Crippen LogP contribution in [0.3, 0.4) is 0 Å². The molecule has 0 aliphatic carbocycles. The van der Waals surface area contributed by atoms with Crippen LogP contribution in [-0.2, 0) is 14.3 Å². The highest BCUT2D eigenvalue weighted by atomic mass is 19.1. The number of carbonyl (C=O) groups is 3. The van der Waals surface area contributed by atoms with Crippen LogP contribution in [0, 0.1) is 5.82 Å². The minimum atomic E-state index is -1.32. The van der Waals surface area contributed by atoms with E-state index >= 15 is 4.39 Å². The van der Waals surface area contributed by atoms with Gasteiger partial charge in [-0.05, 0) is 56.7 Å². The lowest BCUT2D eigenvalue weighted by Crippen LogP contribution is -2.40. The quantitative estimate of drug-likeness (QED) is 0.668. The molecule has 2 heterocycles. The number of nitrogens with zero attached hydrogens (tertiary/aromatic N) is 2. The fourth-order valence-corrected chi connectivity index (χ4v) is 3.41. The zero-order chi connectivity index (χ0) is 24.5. The average Bonchev–Trinajstić information content (AvgIpc) is 3.18. The van der Waals surface area contributed by atoms with Gasteiger partial charge < -0.3 is 20.3 Å². The van der Waals surface area contributed by atoms with Crippen LogP contribution in [0.15, 0.2) is 36.4 Å². The second-order valence-electron chi connectivity index (χ2n) is 8.40. The van der Waals surface area contributed by atoms with E-state index in [-0.39, 0.29) is 29.2 Å². The SMILES string of the molecule is COC(=O)C1C=C(c2nc(N)ccc2-c2ccc(C(=O)OC(C)(C)C)cc2F)CN1C(=O)O. The number of nitrogen functional groups attached to an aromatic ring is 1. The zero-order valence-electron chi connectivity index (χ0n) is 18.6. The molecule has 0 saturated carbocycles. The summed E-state index contributed by atoms with van der Waals surface area (Å²) < 4.78 is 25.1. The second-order valence-corrected chi connectivity index (χ2v) is 8.40. The van der Waals surface area contributed by atoms with E-state index in [0.717, 1.165) is 18.1 Å². The van der Waals surface area contributed by atoms with Crippen molar-refractivity contribution >= 4 is 29.4 Å². The molecule has 10 heteroatoms. The monoisotopic (exact) mass is 457 g/mol. The number of halogens is 1. The standard InChI is InChI=1S/C23H24FN3O6/c1-23(2,3)33-20(28)12-5-6-14(16(24)9-12)15-7-8-18(25)26-19(15)13-10-17(21(29)32-4)27(11-13)22(30)31/h5-10,17H,11H2,1-4H3,(H2,25,26)(H,30,31). The van der Waals surface area contributed by atoms with E-state index in [1.54, 1.807) is 26.8 Å². The van der Waals surface area contributed by atoms with Crippen LogP contribution in [-0.4, -0.2) is 58.3 Å². The highest BCUT2D eigenvalue weighted by Crippen LogP contribution is 2.34. The first kappa shape index (κ1) is 23.7. The largest absolute Gasteiger partial charge is 0.467 e. The Bertz CT molecular complexity index is 1160. The molecule has 0 spiro atoms. The van der Waals surface area contributed by atoms with E-state index < -0.39 is 35.5 Å². The topological polar surface area (TPSA) is 132 Å². The van der Waals surface area contributed by atoms with Crippen molar-refractivity contribution < 1.29 is 33.4 Å². The minimum absolute atomic E-state index is 0.0408. The first-order valence-electron chi connectivity index (χ1n) is 9.99. The summed E-state index contributed by atoms with van der Waals surface area (Å²) in [6.45, 7) is 4.95. The third-order valence-electron chi connectivity index (χ3n) is 4.84. The fourth-order valence-electron chi connectivity index (χ4n) is 3.41. The molecule has 0 fully saturated rings. The van der Waals surface area contributed by atoms with Crippen molar-refractivity contribution in [1.82, 2.24) is 9.88 Å². The summed E-state index contributed by atoms with van der Waals surface area (Å²) in [7, 11) is 1.15. The average molecular weight is 457 g/mol. The van der Waals surface area contributed by atoms with E-state index in [2.05, 4.69) is 9.72 Å². The number of carbonyl (C=O) groups excluding carboxylic acids is 2. The van der Waals surface area contributed by atoms with Crippen molar-refractivity contribution in [1.29, 1.82) is 0 Å². The third-order valence-corrected chi connectivity index (χ3v) is 4.84. The van der Waals surface area contributed by atoms with Crippen LogP contribution in [0.25, 0.3) is 16.7 Å². The smallest absolute Gasteiger partial charge is 0.408 e. The summed E-state index contributed by atoms with van der Waals surface area (Å²) in [5, 5.41) is 9.48. The first-order valence-corrected chi connectivity index (χ1v) is 9.99. The van der Waals surface area contributed by atoms with Gasteiger partial charge in [0.05, 0.1) is 24.9 Å². The Balaban J connectivity index is 2.04. The van der Waals surface area contributed by atoms with Crippen LogP contribution >= 0.6 is 0 Å². The summed E-state index contributed by atoms with van der Waals surface area (Å²) >= 11 is 0. The Morgan fingerprint density at radius 3 is 2.42 bits per heavy atom. The van der Waals surface area contributed by atoms with Gasteiger partial charge in [0.15, 0.2) is 6.04 Å². The molecule has 0 bridgehead atoms. The minimum Gasteiger partial charge on any atom is -0.467 e. The van der Waals surface area contributed by atoms with E-state index in [1.807, 2.05) is 0 Å². The number of ether oxygens (including phenoxy) is 2. The molecule has 1 aromatic carbocycles. The zero-order valence-corrected chi connectivity index (χ0v) is 18.6. The summed E-state index contributed by atoms with van der Waals surface area (Å²) in [4.78, 5) is 41.1. The molecule has 2 aromatic rings. The van der Waals surface area contributed by atoms with Gasteiger partial charge in [0.1, 0.15) is 17.2 Å². The lowest BCUT2D eigenvalue weighted by Gasteiger charge is -2.20. The highest BCUT2D eigenvalue weighted by Gasteiger charge is 2.36. The van der Waals surface area contributed by atoms with Crippen molar-refractivity contribution in [3.05, 3.63) is 53.5 Å². The maximum Gasteiger partial charge on any atom is 0.408 e. The molecule has 174 valence electrons. The van der Waals surface area contributed by atoms with Gasteiger partial charge in [0, 0.05) is 11.1 Å². The molecule has 1 aromatic heterocycles. The van der Waals surface area contributed by atoms with E-state index in [0.29, 0.717) is 11.1 Å². The Morgan fingerprint density at radius 2 is 1.85 bits per heavy atom. The molecule has 3 N–H and O–H groups in total. The van der Waals surface area contributed by atoms with Crippen molar-refractivity contribution in [2.24, 2.45) is 0 Å². The van der Waals surface area contributed by atoms with Crippen molar-refractivity contribution in [2.75, 3.05) is 19.4 Å². The number of hydrogen-bond acceptors (Lipinski definition) is 7. The van der Waals surface area contributed by atoms with Gasteiger partial charge in [-0.1, -0.05) is 6.07 Å². The molecule has 9 nitrogen and oxygen atoms in total. The first-order chi connectivity index (χ1) is 15.4. The number of rotatable bonds is 4. The van der Waals surface area contributed by atoms with Gasteiger partial charge in [-0.2, -0.15) is 0 Å². The number of methoxy groups -OCH3 is 1. The third kappa shape index (κ3) is 5.11. The number of anilines is 1. The normalized spacial score (nSPS) is 15.7. The molecular weight excluding hydrogens is 433 g/mol. The fraction of sp³-hybridized carbons (Fsp3) is 0.304. The molecule has 33 heavy (non-hydrogen) atoms. The Kier molecular flexibility index (Phi) is 6.39. The van der Waals surface area contributed by atoms with Gasteiger partial charge in [-0.25, -0.2) is 23.8 Å². The predicted molar refractivity (Wildman–Crippen MR) is 118 cm³/mol. The lowest BCUT2D eigenvalue weighted by molar-refractivity contribution is -0.143. The molecule has 1 amide bonds. The Hall–Kier alpha value is -3.95. The summed E-state index contributed by atoms with van der Waals surface area (Å²) in [5.74, 6) is -2.00. The number of esters is 2. The number of nitrogens with two attached hydrogens (primary N) is 1. The summed E-state index contributed by atoms with van der Waals surface area (Å²) in [6, 6.07) is 5.75. The van der Waals surface area contributed by atoms with Gasteiger partial charge in [0.25, 0.3) is 0 Å². The van der Waals surface area contributed by atoms with E-state index in [9.17, 15) is 19.5 Å². The van der Waals surface area contributed by atoms with Gasteiger partial charge in [-0.3, -0.25) is 4.90 Å².